The summed E-state index contributed by atoms with van der Waals surface area (Å²) < 4.78 is 1.89. The number of nitrogens with zero attached hydrogens (tertiary/aromatic N) is 2. The van der Waals surface area contributed by atoms with Crippen molar-refractivity contribution in [2.75, 3.05) is 5.73 Å². The molecule has 1 heterocycles. The molecule has 1 aromatic carbocycles. The van der Waals surface area contributed by atoms with Gasteiger partial charge in [-0.15, -0.1) is 0 Å². The molecule has 0 aliphatic heterocycles. The minimum atomic E-state index is 0.229. The van der Waals surface area contributed by atoms with Crippen LogP contribution in [0.25, 0.3) is 11.3 Å². The zero-order valence-electron chi connectivity index (χ0n) is 10.0. The normalized spacial score (nSPS) is 18.1. The van der Waals surface area contributed by atoms with E-state index in [9.17, 15) is 0 Å². The van der Waals surface area contributed by atoms with Crippen LogP contribution in [0.5, 0.6) is 0 Å². The zero-order valence-corrected chi connectivity index (χ0v) is 10.0. The first kappa shape index (κ1) is 10.8. The van der Waals surface area contributed by atoms with E-state index in [0.717, 1.165) is 17.7 Å². The minimum absolute atomic E-state index is 0.229. The molecule has 2 N–H and O–H groups in total. The zero-order chi connectivity index (χ0) is 12.4. The van der Waals surface area contributed by atoms with Crippen molar-refractivity contribution in [2.45, 2.75) is 12.5 Å². The van der Waals surface area contributed by atoms with Crippen molar-refractivity contribution in [2.24, 2.45) is 0 Å². The molecule has 90 valence electrons. The summed E-state index contributed by atoms with van der Waals surface area (Å²) in [6, 6.07) is 12.3. The van der Waals surface area contributed by atoms with E-state index in [2.05, 4.69) is 17.3 Å². The van der Waals surface area contributed by atoms with Crippen molar-refractivity contribution >= 4 is 5.82 Å². The van der Waals surface area contributed by atoms with Crippen molar-refractivity contribution in [3.8, 4) is 11.3 Å². The Morgan fingerprint density at radius 1 is 1.17 bits per heavy atom. The molecule has 0 bridgehead atoms. The summed E-state index contributed by atoms with van der Waals surface area (Å²) in [5, 5.41) is 4.61. The Labute approximate surface area is 106 Å². The van der Waals surface area contributed by atoms with Crippen molar-refractivity contribution in [1.82, 2.24) is 9.78 Å². The molecule has 18 heavy (non-hydrogen) atoms. The van der Waals surface area contributed by atoms with Gasteiger partial charge in [0.1, 0.15) is 5.82 Å². The summed E-state index contributed by atoms with van der Waals surface area (Å²) >= 11 is 0. The Morgan fingerprint density at radius 3 is 2.72 bits per heavy atom. The molecule has 1 unspecified atom stereocenters. The fourth-order valence-electron chi connectivity index (χ4n) is 2.17. The molecule has 3 nitrogen and oxygen atoms in total. The van der Waals surface area contributed by atoms with Crippen LogP contribution in [0.3, 0.4) is 0 Å². The van der Waals surface area contributed by atoms with E-state index in [0.29, 0.717) is 5.82 Å². The van der Waals surface area contributed by atoms with E-state index in [-0.39, 0.29) is 6.04 Å². The van der Waals surface area contributed by atoms with Crippen molar-refractivity contribution in [3.63, 3.8) is 0 Å². The van der Waals surface area contributed by atoms with Crippen LogP contribution in [0.4, 0.5) is 5.82 Å². The fourth-order valence-corrected chi connectivity index (χ4v) is 2.17. The van der Waals surface area contributed by atoms with Crippen LogP contribution in [-0.4, -0.2) is 9.78 Å². The van der Waals surface area contributed by atoms with Crippen LogP contribution < -0.4 is 5.73 Å². The van der Waals surface area contributed by atoms with E-state index >= 15 is 0 Å². The van der Waals surface area contributed by atoms with Crippen molar-refractivity contribution < 1.29 is 0 Å². The van der Waals surface area contributed by atoms with E-state index in [1.165, 1.54) is 0 Å². The lowest BCUT2D eigenvalue weighted by Crippen LogP contribution is -2.11. The van der Waals surface area contributed by atoms with Gasteiger partial charge in [-0.2, -0.15) is 5.10 Å². The third-order valence-electron chi connectivity index (χ3n) is 3.11. The molecule has 1 aliphatic carbocycles. The third-order valence-corrected chi connectivity index (χ3v) is 3.11. The fraction of sp³-hybridized carbons (Fsp3) is 0.133. The summed E-state index contributed by atoms with van der Waals surface area (Å²) in [7, 11) is 0. The molecule has 0 radical (unpaired) electrons. The number of allylic oxidation sites excluding steroid dienone is 4. The molecule has 2 aromatic rings. The summed E-state index contributed by atoms with van der Waals surface area (Å²) in [6.07, 6.45) is 9.29. The van der Waals surface area contributed by atoms with E-state index < -0.39 is 0 Å². The van der Waals surface area contributed by atoms with Crippen LogP contribution in [0.15, 0.2) is 60.7 Å². The first-order valence-electron chi connectivity index (χ1n) is 6.08. The van der Waals surface area contributed by atoms with Gasteiger partial charge in [-0.05, 0) is 6.42 Å². The number of anilines is 1. The standard InChI is InChI=1S/C15H15N3/c16-15-11-14(12-7-3-1-4-8-12)17-18(15)13-9-5-2-6-10-13/h1-9,11,13H,10,16H2. The average Bonchev–Trinajstić information content (AvgIpc) is 2.83. The highest BCUT2D eigenvalue weighted by Crippen LogP contribution is 2.25. The van der Waals surface area contributed by atoms with Gasteiger partial charge in [0.15, 0.2) is 0 Å². The van der Waals surface area contributed by atoms with Crippen LogP contribution in [-0.2, 0) is 0 Å². The van der Waals surface area contributed by atoms with Crippen LogP contribution in [0.2, 0.25) is 0 Å². The maximum Gasteiger partial charge on any atom is 0.123 e. The predicted molar refractivity (Wildman–Crippen MR) is 74.0 cm³/mol. The molecule has 0 saturated carbocycles. The molecule has 1 atom stereocenters. The molecule has 3 rings (SSSR count). The highest BCUT2D eigenvalue weighted by atomic mass is 15.3. The van der Waals surface area contributed by atoms with Gasteiger partial charge in [-0.1, -0.05) is 54.6 Å². The summed E-state index contributed by atoms with van der Waals surface area (Å²) in [5.41, 5.74) is 8.07. The number of hydrogen-bond donors (Lipinski definition) is 1. The van der Waals surface area contributed by atoms with Gasteiger partial charge >= 0.3 is 0 Å². The topological polar surface area (TPSA) is 43.8 Å². The number of nitrogens with two attached hydrogens (primary N) is 1. The smallest absolute Gasteiger partial charge is 0.123 e. The van der Waals surface area contributed by atoms with Crippen LogP contribution >= 0.6 is 0 Å². The van der Waals surface area contributed by atoms with Gasteiger partial charge in [0.25, 0.3) is 0 Å². The monoisotopic (exact) mass is 237 g/mol. The molecular formula is C15H15N3. The van der Waals surface area contributed by atoms with Crippen LogP contribution in [0, 0.1) is 0 Å². The van der Waals surface area contributed by atoms with Gasteiger partial charge in [-0.3, -0.25) is 0 Å². The van der Waals surface area contributed by atoms with Crippen molar-refractivity contribution in [1.29, 1.82) is 0 Å². The SMILES string of the molecule is Nc1cc(-c2ccccc2)nn1C1C=CC=CC1. The largest absolute Gasteiger partial charge is 0.384 e. The Morgan fingerprint density at radius 2 is 2.00 bits per heavy atom. The van der Waals surface area contributed by atoms with Crippen LogP contribution in [0.1, 0.15) is 12.5 Å². The second-order valence-corrected chi connectivity index (χ2v) is 4.38. The lowest BCUT2D eigenvalue weighted by atomic mass is 10.1. The Kier molecular flexibility index (Phi) is 2.73. The number of hydrogen-bond acceptors (Lipinski definition) is 2. The number of nitrogen functional groups attached to an aromatic ring is 1. The maximum absolute atomic E-state index is 6.05. The van der Waals surface area contributed by atoms with Gasteiger partial charge in [-0.25, -0.2) is 4.68 Å². The number of benzene rings is 1. The summed E-state index contributed by atoms with van der Waals surface area (Å²) in [6.45, 7) is 0. The molecule has 1 aliphatic rings. The highest BCUT2D eigenvalue weighted by Gasteiger charge is 2.14. The highest BCUT2D eigenvalue weighted by molar-refractivity contribution is 5.62. The maximum atomic E-state index is 6.05. The second-order valence-electron chi connectivity index (χ2n) is 4.38. The van der Waals surface area contributed by atoms with E-state index in [1.54, 1.807) is 0 Å². The van der Waals surface area contributed by atoms with Gasteiger partial charge in [0, 0.05) is 11.6 Å². The molecule has 0 saturated heterocycles. The number of aromatic nitrogens is 2. The Hall–Kier alpha value is -2.29. The van der Waals surface area contributed by atoms with Gasteiger partial charge in [0.05, 0.1) is 11.7 Å². The van der Waals surface area contributed by atoms with Gasteiger partial charge < -0.3 is 5.73 Å². The van der Waals surface area contributed by atoms with Gasteiger partial charge in [0.2, 0.25) is 0 Å². The molecule has 3 heteroatoms. The molecular weight excluding hydrogens is 222 g/mol. The lowest BCUT2D eigenvalue weighted by Gasteiger charge is -2.14. The van der Waals surface area contributed by atoms with Crippen molar-refractivity contribution in [3.05, 3.63) is 60.7 Å². The Balaban J connectivity index is 1.96. The molecule has 1 aromatic heterocycles. The molecule has 0 spiro atoms. The minimum Gasteiger partial charge on any atom is -0.384 e. The summed E-state index contributed by atoms with van der Waals surface area (Å²) in [5.74, 6) is 0.707. The second kappa shape index (κ2) is 4.53. The van der Waals surface area contributed by atoms with E-state index in [4.69, 9.17) is 5.73 Å². The summed E-state index contributed by atoms with van der Waals surface area (Å²) in [4.78, 5) is 0. The third kappa shape index (κ3) is 1.95. The Bertz CT molecular complexity index is 593. The molecule has 0 fully saturated rings. The lowest BCUT2D eigenvalue weighted by molar-refractivity contribution is 0.550. The quantitative estimate of drug-likeness (QED) is 0.871. The first-order valence-corrected chi connectivity index (χ1v) is 6.08. The number of rotatable bonds is 2. The predicted octanol–water partition coefficient (Wildman–Crippen LogP) is 3.19. The molecule has 0 amide bonds. The average molecular weight is 237 g/mol. The first-order chi connectivity index (χ1) is 8.84. The van der Waals surface area contributed by atoms with E-state index in [1.807, 2.05) is 53.2 Å².